The quantitative estimate of drug-likeness (QED) is 0.266. The first-order valence-corrected chi connectivity index (χ1v) is 7.33. The molecule has 22 heavy (non-hydrogen) atoms. The molecule has 0 spiro atoms. The highest BCUT2D eigenvalue weighted by Crippen LogP contribution is 2.20. The van der Waals surface area contributed by atoms with Crippen LogP contribution in [0, 0.1) is 0 Å². The molecule has 1 fully saturated rings. The van der Waals surface area contributed by atoms with Crippen LogP contribution < -0.4 is 0 Å². The van der Waals surface area contributed by atoms with Crippen LogP contribution in [-0.2, 0) is 16.1 Å². The fourth-order valence-corrected chi connectivity index (χ4v) is 2.64. The molecule has 0 amide bonds. The molecule has 0 bridgehead atoms. The topological polar surface area (TPSA) is 78.3 Å². The Morgan fingerprint density at radius 3 is 2.95 bits per heavy atom. The summed E-state index contributed by atoms with van der Waals surface area (Å²) in [7, 11) is 1.36. The summed E-state index contributed by atoms with van der Waals surface area (Å²) in [6.45, 7) is 2.43. The third-order valence-corrected chi connectivity index (χ3v) is 3.83. The van der Waals surface area contributed by atoms with Crippen LogP contribution in [0.25, 0.3) is 16.5 Å². The molecule has 1 heterocycles. The maximum atomic E-state index is 11.1. The van der Waals surface area contributed by atoms with E-state index in [1.807, 2.05) is 12.1 Å². The van der Waals surface area contributed by atoms with Crippen LogP contribution in [0.3, 0.4) is 0 Å². The molecular formula is C16H20N4O2. The summed E-state index contributed by atoms with van der Waals surface area (Å²) < 4.78 is 4.56. The zero-order valence-corrected chi connectivity index (χ0v) is 12.7. The van der Waals surface area contributed by atoms with E-state index >= 15 is 0 Å². The van der Waals surface area contributed by atoms with Crippen molar-refractivity contribution in [3.63, 3.8) is 0 Å². The molecular weight excluding hydrogens is 280 g/mol. The van der Waals surface area contributed by atoms with E-state index in [1.54, 1.807) is 6.08 Å². The minimum Gasteiger partial charge on any atom is -0.466 e. The van der Waals surface area contributed by atoms with Crippen molar-refractivity contribution in [2.45, 2.75) is 25.4 Å². The highest BCUT2D eigenvalue weighted by Gasteiger charge is 2.23. The number of methoxy groups -OCH3 is 1. The van der Waals surface area contributed by atoms with Gasteiger partial charge in [0.15, 0.2) is 0 Å². The van der Waals surface area contributed by atoms with Gasteiger partial charge < -0.3 is 4.74 Å². The summed E-state index contributed by atoms with van der Waals surface area (Å²) in [5.41, 5.74) is 10.6. The molecule has 1 aliphatic rings. The van der Waals surface area contributed by atoms with Crippen LogP contribution in [0.1, 0.15) is 24.0 Å². The highest BCUT2D eigenvalue weighted by atomic mass is 16.5. The fraction of sp³-hybridized carbons (Fsp3) is 0.438. The number of azide groups is 1. The Morgan fingerprint density at radius 2 is 2.27 bits per heavy atom. The zero-order chi connectivity index (χ0) is 15.8. The van der Waals surface area contributed by atoms with Gasteiger partial charge in [-0.25, -0.2) is 4.79 Å². The Bertz CT molecular complexity index is 576. The highest BCUT2D eigenvalue weighted by molar-refractivity contribution is 5.86. The zero-order valence-electron chi connectivity index (χ0n) is 12.7. The van der Waals surface area contributed by atoms with Gasteiger partial charge in [-0.1, -0.05) is 29.4 Å². The van der Waals surface area contributed by atoms with Crippen molar-refractivity contribution < 1.29 is 9.53 Å². The number of hydrogen-bond acceptors (Lipinski definition) is 4. The van der Waals surface area contributed by atoms with Crippen molar-refractivity contribution in [2.24, 2.45) is 5.11 Å². The van der Waals surface area contributed by atoms with Crippen LogP contribution in [-0.4, -0.2) is 37.1 Å². The van der Waals surface area contributed by atoms with Gasteiger partial charge >= 0.3 is 5.97 Å². The second kappa shape index (κ2) is 8.22. The summed E-state index contributed by atoms with van der Waals surface area (Å²) in [5.74, 6) is -0.359. The second-order valence-corrected chi connectivity index (χ2v) is 5.28. The van der Waals surface area contributed by atoms with Crippen molar-refractivity contribution in [3.05, 3.63) is 51.9 Å². The molecule has 116 valence electrons. The smallest absolute Gasteiger partial charge is 0.330 e. The number of esters is 1. The average Bonchev–Trinajstić information content (AvgIpc) is 2.99. The number of likely N-dealkylation sites (tertiary alicyclic amines) is 1. The minimum absolute atomic E-state index is 0.342. The number of benzene rings is 1. The van der Waals surface area contributed by atoms with Gasteiger partial charge in [0.25, 0.3) is 0 Å². The normalized spacial score (nSPS) is 18.3. The Morgan fingerprint density at radius 1 is 1.50 bits per heavy atom. The molecule has 1 aromatic carbocycles. The van der Waals surface area contributed by atoms with Gasteiger partial charge in [0, 0.05) is 30.1 Å². The van der Waals surface area contributed by atoms with E-state index < -0.39 is 0 Å². The van der Waals surface area contributed by atoms with Crippen LogP contribution in [0.5, 0.6) is 0 Å². The van der Waals surface area contributed by atoms with Crippen molar-refractivity contribution in [1.82, 2.24) is 4.90 Å². The number of hydrogen-bond donors (Lipinski definition) is 0. The Kier molecular flexibility index (Phi) is 6.01. The molecule has 1 aliphatic heterocycles. The largest absolute Gasteiger partial charge is 0.466 e. The maximum absolute atomic E-state index is 11.1. The number of carbonyl (C=O) groups excluding carboxylic acids is 1. The van der Waals surface area contributed by atoms with E-state index in [-0.39, 0.29) is 5.97 Å². The molecule has 0 saturated carbocycles. The molecule has 0 unspecified atom stereocenters. The molecule has 6 heteroatoms. The first kappa shape index (κ1) is 16.1. The van der Waals surface area contributed by atoms with Gasteiger partial charge in [-0.3, -0.25) is 4.90 Å². The molecule has 6 nitrogen and oxygen atoms in total. The SMILES string of the molecule is COC(=O)/C=C/c1ccc(CN2CCC[C@@H]2CN=[N+]=[N-])cc1. The van der Waals surface area contributed by atoms with Crippen molar-refractivity contribution in [3.8, 4) is 0 Å². The van der Waals surface area contributed by atoms with E-state index in [9.17, 15) is 4.79 Å². The molecule has 0 radical (unpaired) electrons. The van der Waals surface area contributed by atoms with E-state index in [4.69, 9.17) is 5.53 Å². The Hall–Kier alpha value is -2.30. The molecule has 2 rings (SSSR count). The van der Waals surface area contributed by atoms with Gasteiger partial charge in [0.1, 0.15) is 0 Å². The van der Waals surface area contributed by atoms with E-state index in [0.29, 0.717) is 12.6 Å². The van der Waals surface area contributed by atoms with Crippen LogP contribution in [0.15, 0.2) is 35.5 Å². The molecule has 0 aliphatic carbocycles. The molecule has 1 aromatic rings. The predicted octanol–water partition coefficient (Wildman–Crippen LogP) is 3.15. The van der Waals surface area contributed by atoms with Gasteiger partial charge in [-0.2, -0.15) is 0 Å². The number of ether oxygens (including phenoxy) is 1. The molecule has 1 atom stereocenters. The maximum Gasteiger partial charge on any atom is 0.330 e. The summed E-state index contributed by atoms with van der Waals surface area (Å²) in [6.07, 6.45) is 5.37. The summed E-state index contributed by atoms with van der Waals surface area (Å²) in [5, 5.41) is 3.69. The predicted molar refractivity (Wildman–Crippen MR) is 84.9 cm³/mol. The summed E-state index contributed by atoms with van der Waals surface area (Å²) in [4.78, 5) is 16.3. The van der Waals surface area contributed by atoms with E-state index in [2.05, 4.69) is 31.8 Å². The number of rotatable bonds is 6. The summed E-state index contributed by atoms with van der Waals surface area (Å²) >= 11 is 0. The number of nitrogens with zero attached hydrogens (tertiary/aromatic N) is 4. The Balaban J connectivity index is 1.94. The van der Waals surface area contributed by atoms with Crippen LogP contribution >= 0.6 is 0 Å². The molecule has 0 N–H and O–H groups in total. The van der Waals surface area contributed by atoms with E-state index in [0.717, 1.165) is 31.5 Å². The average molecular weight is 300 g/mol. The van der Waals surface area contributed by atoms with Crippen molar-refractivity contribution in [2.75, 3.05) is 20.2 Å². The van der Waals surface area contributed by atoms with Crippen molar-refractivity contribution >= 4 is 12.0 Å². The minimum atomic E-state index is -0.359. The third-order valence-electron chi connectivity index (χ3n) is 3.83. The van der Waals surface area contributed by atoms with Gasteiger partial charge in [0.2, 0.25) is 0 Å². The second-order valence-electron chi connectivity index (χ2n) is 5.28. The first-order chi connectivity index (χ1) is 10.7. The monoisotopic (exact) mass is 300 g/mol. The van der Waals surface area contributed by atoms with Crippen molar-refractivity contribution in [1.29, 1.82) is 0 Å². The standard InChI is InChI=1S/C16H20N4O2/c1-22-16(21)9-8-13-4-6-14(7-5-13)12-20-10-2-3-15(20)11-18-19-17/h4-9,15H,2-3,10-12H2,1H3/b9-8+/t15-/m1/s1. The lowest BCUT2D eigenvalue weighted by Crippen LogP contribution is -2.30. The Labute approximate surface area is 130 Å². The van der Waals surface area contributed by atoms with Gasteiger partial charge in [-0.15, -0.1) is 0 Å². The molecule has 0 aromatic heterocycles. The summed E-state index contributed by atoms with van der Waals surface area (Å²) in [6, 6.07) is 8.41. The lowest BCUT2D eigenvalue weighted by Gasteiger charge is -2.23. The van der Waals surface area contributed by atoms with Gasteiger partial charge in [0.05, 0.1) is 7.11 Å². The van der Waals surface area contributed by atoms with Gasteiger partial charge in [-0.05, 0) is 42.1 Å². The third kappa shape index (κ3) is 4.62. The fourth-order valence-electron chi connectivity index (χ4n) is 2.64. The molecule has 1 saturated heterocycles. The van der Waals surface area contributed by atoms with Crippen LogP contribution in [0.4, 0.5) is 0 Å². The van der Waals surface area contributed by atoms with Crippen LogP contribution in [0.2, 0.25) is 0 Å². The lowest BCUT2D eigenvalue weighted by atomic mass is 10.1. The number of carbonyl (C=O) groups is 1. The lowest BCUT2D eigenvalue weighted by molar-refractivity contribution is -0.134. The van der Waals surface area contributed by atoms with E-state index in [1.165, 1.54) is 18.7 Å². The first-order valence-electron chi connectivity index (χ1n) is 7.33.